The number of nitrogens with zero attached hydrogens (tertiary/aromatic N) is 2. The lowest BCUT2D eigenvalue weighted by atomic mass is 10.0. The highest BCUT2D eigenvalue weighted by Crippen LogP contribution is 2.28. The van der Waals surface area contributed by atoms with Crippen LogP contribution in [0.25, 0.3) is 0 Å². The summed E-state index contributed by atoms with van der Waals surface area (Å²) in [7, 11) is 1.59. The molecule has 0 spiro atoms. The summed E-state index contributed by atoms with van der Waals surface area (Å²) < 4.78 is 11.2. The molecule has 0 saturated carbocycles. The quantitative estimate of drug-likeness (QED) is 0.261. The molecule has 0 aliphatic rings. The maximum Gasteiger partial charge on any atom is 0.262 e. The molecule has 37 heavy (non-hydrogen) atoms. The Labute approximate surface area is 229 Å². The van der Waals surface area contributed by atoms with E-state index in [0.29, 0.717) is 33.5 Å². The molecule has 0 aliphatic heterocycles. The summed E-state index contributed by atoms with van der Waals surface area (Å²) in [6.07, 6.45) is 1.05. The number of amides is 2. The highest BCUT2D eigenvalue weighted by atomic mass is 35.5. The zero-order valence-corrected chi connectivity index (χ0v) is 23.7. The van der Waals surface area contributed by atoms with Gasteiger partial charge in [0.15, 0.2) is 6.10 Å². The van der Waals surface area contributed by atoms with Crippen LogP contribution in [0.1, 0.15) is 46.6 Å². The van der Waals surface area contributed by atoms with Crippen molar-refractivity contribution in [3.05, 3.63) is 52.0 Å². The normalized spacial score (nSPS) is 12.8. The monoisotopic (exact) mass is 550 g/mol. The third-order valence-corrected chi connectivity index (χ3v) is 6.16. The van der Waals surface area contributed by atoms with Gasteiger partial charge in [0.1, 0.15) is 17.5 Å². The fourth-order valence-corrected chi connectivity index (χ4v) is 4.10. The van der Waals surface area contributed by atoms with Crippen LogP contribution in [0.4, 0.5) is 5.69 Å². The van der Waals surface area contributed by atoms with Gasteiger partial charge in [-0.25, -0.2) is 5.43 Å². The van der Waals surface area contributed by atoms with E-state index in [9.17, 15) is 9.59 Å². The first-order valence-corrected chi connectivity index (χ1v) is 13.0. The van der Waals surface area contributed by atoms with Crippen LogP contribution >= 0.6 is 23.2 Å². The minimum atomic E-state index is -0.891. The van der Waals surface area contributed by atoms with Gasteiger partial charge in [-0.3, -0.25) is 9.59 Å². The largest absolute Gasteiger partial charge is 0.496 e. The minimum absolute atomic E-state index is 0.148. The lowest BCUT2D eigenvalue weighted by molar-refractivity contribution is -0.132. The van der Waals surface area contributed by atoms with Crippen molar-refractivity contribution in [2.24, 2.45) is 11.0 Å². The summed E-state index contributed by atoms with van der Waals surface area (Å²) in [5, 5.41) is 7.61. The maximum atomic E-state index is 12.9. The van der Waals surface area contributed by atoms with Crippen molar-refractivity contribution in [1.29, 1.82) is 0 Å². The van der Waals surface area contributed by atoms with E-state index in [1.165, 1.54) is 12.3 Å². The molecule has 2 N–H and O–H groups in total. The second kappa shape index (κ2) is 14.7. The van der Waals surface area contributed by atoms with Crippen LogP contribution in [-0.4, -0.2) is 50.4 Å². The highest BCUT2D eigenvalue weighted by Gasteiger charge is 2.25. The Hall–Kier alpha value is -2.97. The van der Waals surface area contributed by atoms with Gasteiger partial charge in [-0.2, -0.15) is 5.10 Å². The Balaban J connectivity index is 2.07. The molecule has 0 bridgehead atoms. The Morgan fingerprint density at radius 2 is 1.73 bits per heavy atom. The first-order valence-electron chi connectivity index (χ1n) is 12.3. The summed E-state index contributed by atoms with van der Waals surface area (Å²) in [5.41, 5.74) is 4.28. The van der Waals surface area contributed by atoms with Gasteiger partial charge >= 0.3 is 0 Å². The smallest absolute Gasteiger partial charge is 0.262 e. The van der Waals surface area contributed by atoms with E-state index in [1.54, 1.807) is 26.2 Å². The average Bonchev–Trinajstić information content (AvgIpc) is 2.86. The number of carbonyl (C=O) groups is 2. The lowest BCUT2D eigenvalue weighted by Gasteiger charge is -2.22. The van der Waals surface area contributed by atoms with Crippen molar-refractivity contribution in [2.45, 2.75) is 53.2 Å². The van der Waals surface area contributed by atoms with Crippen molar-refractivity contribution >= 4 is 46.9 Å². The molecule has 2 aromatic rings. The van der Waals surface area contributed by atoms with E-state index in [0.717, 1.165) is 18.8 Å². The SMILES string of the molecule is CCN(CC)c1ccc(/C=N\NC(=O)[C@H](CC(C)C)NC(=O)[C@@H](C)Oc2ccc(Cl)cc2Cl)c(OC)c1. The van der Waals surface area contributed by atoms with Crippen LogP contribution in [0.2, 0.25) is 10.0 Å². The first-order chi connectivity index (χ1) is 17.6. The predicted octanol–water partition coefficient (Wildman–Crippen LogP) is 5.30. The molecule has 0 aromatic heterocycles. The number of anilines is 1. The van der Waals surface area contributed by atoms with E-state index >= 15 is 0 Å². The van der Waals surface area contributed by atoms with E-state index in [-0.39, 0.29) is 5.92 Å². The van der Waals surface area contributed by atoms with Gasteiger partial charge in [-0.1, -0.05) is 37.0 Å². The number of benzene rings is 2. The molecule has 0 heterocycles. The molecule has 0 saturated heterocycles. The summed E-state index contributed by atoms with van der Waals surface area (Å²) in [6, 6.07) is 9.74. The molecule has 8 nitrogen and oxygen atoms in total. The van der Waals surface area contributed by atoms with Crippen molar-refractivity contribution in [2.75, 3.05) is 25.1 Å². The van der Waals surface area contributed by atoms with E-state index in [1.807, 2.05) is 32.0 Å². The number of methoxy groups -OCH3 is 1. The van der Waals surface area contributed by atoms with Crippen molar-refractivity contribution in [1.82, 2.24) is 10.7 Å². The number of rotatable bonds is 13. The van der Waals surface area contributed by atoms with Crippen molar-refractivity contribution in [3.8, 4) is 11.5 Å². The molecule has 2 rings (SSSR count). The van der Waals surface area contributed by atoms with Gasteiger partial charge in [-0.15, -0.1) is 0 Å². The Morgan fingerprint density at radius 3 is 2.32 bits per heavy atom. The molecule has 202 valence electrons. The lowest BCUT2D eigenvalue weighted by Crippen LogP contribution is -2.49. The minimum Gasteiger partial charge on any atom is -0.496 e. The van der Waals surface area contributed by atoms with Crippen LogP contribution in [0.5, 0.6) is 11.5 Å². The molecule has 0 unspecified atom stereocenters. The number of carbonyl (C=O) groups excluding carboxylic acids is 2. The third kappa shape index (κ3) is 9.13. The Kier molecular flexibility index (Phi) is 12.0. The van der Waals surface area contributed by atoms with Gasteiger partial charge in [0.25, 0.3) is 11.8 Å². The zero-order valence-electron chi connectivity index (χ0n) is 22.2. The summed E-state index contributed by atoms with van der Waals surface area (Å²) in [4.78, 5) is 27.9. The van der Waals surface area contributed by atoms with E-state index in [2.05, 4.69) is 34.6 Å². The molecule has 2 amide bonds. The van der Waals surface area contributed by atoms with Crippen molar-refractivity contribution < 1.29 is 19.1 Å². The van der Waals surface area contributed by atoms with Crippen LogP contribution in [0, 0.1) is 5.92 Å². The average molecular weight is 552 g/mol. The van der Waals surface area contributed by atoms with Crippen LogP contribution < -0.4 is 25.1 Å². The molecular formula is C27H36Cl2N4O4. The number of halogens is 2. The van der Waals surface area contributed by atoms with Crippen LogP contribution in [0.15, 0.2) is 41.5 Å². The van der Waals surface area contributed by atoms with Gasteiger partial charge in [0.05, 0.1) is 18.3 Å². The molecule has 2 atom stereocenters. The van der Waals surface area contributed by atoms with Gasteiger partial charge in [0, 0.05) is 35.4 Å². The summed E-state index contributed by atoms with van der Waals surface area (Å²) in [5.74, 6) is 0.221. The van der Waals surface area contributed by atoms with Crippen LogP contribution in [-0.2, 0) is 9.59 Å². The molecule has 0 aliphatic carbocycles. The Morgan fingerprint density at radius 1 is 1.03 bits per heavy atom. The fraction of sp³-hybridized carbons (Fsp3) is 0.444. The predicted molar refractivity (Wildman–Crippen MR) is 150 cm³/mol. The van der Waals surface area contributed by atoms with E-state index in [4.69, 9.17) is 32.7 Å². The molecule has 0 radical (unpaired) electrons. The van der Waals surface area contributed by atoms with E-state index < -0.39 is 24.0 Å². The molecule has 2 aromatic carbocycles. The van der Waals surface area contributed by atoms with Gasteiger partial charge < -0.3 is 19.7 Å². The Bertz CT molecular complexity index is 1090. The highest BCUT2D eigenvalue weighted by molar-refractivity contribution is 6.35. The standard InChI is InChI=1S/C27H36Cl2N4O4/c1-7-33(8-2)21-11-9-19(25(15-21)36-6)16-30-32-27(35)23(13-17(3)4)31-26(34)18(5)37-24-12-10-20(28)14-22(24)29/h9-12,14-18,23H,7-8,13H2,1-6H3,(H,31,34)(H,32,35)/b30-16-/t18-,23+/m1/s1. The number of hydrogen-bond donors (Lipinski definition) is 2. The second-order valence-corrected chi connectivity index (χ2v) is 9.70. The molecule has 0 fully saturated rings. The maximum absolute atomic E-state index is 12.9. The molecule has 10 heteroatoms. The fourth-order valence-electron chi connectivity index (χ4n) is 3.64. The first kappa shape index (κ1) is 30.3. The second-order valence-electron chi connectivity index (χ2n) is 8.86. The molecular weight excluding hydrogens is 515 g/mol. The summed E-state index contributed by atoms with van der Waals surface area (Å²) >= 11 is 12.1. The van der Waals surface area contributed by atoms with Gasteiger partial charge in [-0.05, 0) is 63.4 Å². The zero-order chi connectivity index (χ0) is 27.5. The van der Waals surface area contributed by atoms with Crippen LogP contribution in [0.3, 0.4) is 0 Å². The number of hydrogen-bond acceptors (Lipinski definition) is 6. The number of nitrogens with one attached hydrogen (secondary N) is 2. The van der Waals surface area contributed by atoms with Gasteiger partial charge in [0.2, 0.25) is 0 Å². The summed E-state index contributed by atoms with van der Waals surface area (Å²) in [6.45, 7) is 11.4. The number of hydrazone groups is 1. The topological polar surface area (TPSA) is 92.3 Å². The number of ether oxygens (including phenoxy) is 2. The third-order valence-electron chi connectivity index (χ3n) is 5.63. The van der Waals surface area contributed by atoms with Crippen molar-refractivity contribution in [3.63, 3.8) is 0 Å².